The van der Waals surface area contributed by atoms with Crippen molar-refractivity contribution in [1.82, 2.24) is 0 Å². The predicted molar refractivity (Wildman–Crippen MR) is 68.6 cm³/mol. The van der Waals surface area contributed by atoms with E-state index in [2.05, 4.69) is 59.0 Å². The fraction of sp³-hybridized carbons (Fsp3) is 0.231. The van der Waals surface area contributed by atoms with Gasteiger partial charge in [-0.1, -0.05) is 30.3 Å². The van der Waals surface area contributed by atoms with Gasteiger partial charge in [-0.3, -0.25) is 0 Å². The Bertz CT molecular complexity index is 484. The van der Waals surface area contributed by atoms with E-state index in [0.717, 1.165) is 5.92 Å². The smallest absolute Gasteiger partial charge is 0.0208 e. The van der Waals surface area contributed by atoms with Crippen molar-refractivity contribution in [2.45, 2.75) is 18.8 Å². The third-order valence-corrected chi connectivity index (χ3v) is 3.86. The van der Waals surface area contributed by atoms with E-state index in [0.29, 0.717) is 0 Å². The van der Waals surface area contributed by atoms with Gasteiger partial charge in [-0.15, -0.1) is 0 Å². The summed E-state index contributed by atoms with van der Waals surface area (Å²) in [6, 6.07) is 13.3. The summed E-state index contributed by atoms with van der Waals surface area (Å²) in [7, 11) is 0. The molecule has 0 nitrogen and oxygen atoms in total. The minimum absolute atomic E-state index is 0.844. The molecule has 14 heavy (non-hydrogen) atoms. The van der Waals surface area contributed by atoms with Crippen LogP contribution < -0.4 is 0 Å². The number of benzene rings is 2. The van der Waals surface area contributed by atoms with Crippen LogP contribution in [0.25, 0.3) is 10.8 Å². The van der Waals surface area contributed by atoms with Crippen molar-refractivity contribution < 1.29 is 0 Å². The maximum atomic E-state index is 2.42. The van der Waals surface area contributed by atoms with Gasteiger partial charge in [0.05, 0.1) is 0 Å². The van der Waals surface area contributed by atoms with Crippen LogP contribution >= 0.6 is 22.6 Å². The quantitative estimate of drug-likeness (QED) is 0.687. The zero-order chi connectivity index (χ0) is 9.54. The van der Waals surface area contributed by atoms with Crippen molar-refractivity contribution in [3.63, 3.8) is 0 Å². The molecular formula is C13H11I. The van der Waals surface area contributed by atoms with Crippen molar-refractivity contribution >= 4 is 33.4 Å². The highest BCUT2D eigenvalue weighted by molar-refractivity contribution is 14.1. The molecule has 0 radical (unpaired) electrons. The number of hydrogen-bond acceptors (Lipinski definition) is 0. The fourth-order valence-electron chi connectivity index (χ4n) is 2.04. The van der Waals surface area contributed by atoms with Crippen molar-refractivity contribution in [1.29, 1.82) is 0 Å². The first-order valence-electron chi connectivity index (χ1n) is 5.03. The molecule has 0 saturated heterocycles. The van der Waals surface area contributed by atoms with Gasteiger partial charge in [0.2, 0.25) is 0 Å². The molecule has 0 aromatic heterocycles. The van der Waals surface area contributed by atoms with Crippen LogP contribution in [0.4, 0.5) is 0 Å². The topological polar surface area (TPSA) is 0 Å². The Kier molecular flexibility index (Phi) is 2.01. The van der Waals surface area contributed by atoms with Crippen LogP contribution in [0.1, 0.15) is 24.3 Å². The summed E-state index contributed by atoms with van der Waals surface area (Å²) in [5, 5.41) is 2.87. The van der Waals surface area contributed by atoms with Crippen molar-refractivity contribution in [3.05, 3.63) is 45.5 Å². The zero-order valence-corrected chi connectivity index (χ0v) is 9.99. The van der Waals surface area contributed by atoms with Gasteiger partial charge in [0.1, 0.15) is 0 Å². The normalized spacial score (nSPS) is 16.1. The Morgan fingerprint density at radius 2 is 1.64 bits per heavy atom. The van der Waals surface area contributed by atoms with Gasteiger partial charge in [-0.05, 0) is 63.8 Å². The SMILES string of the molecule is Ic1ccc(C2CC2)c2ccccc12. The summed E-state index contributed by atoms with van der Waals surface area (Å²) in [6.07, 6.45) is 2.76. The molecule has 3 rings (SSSR count). The van der Waals surface area contributed by atoms with E-state index < -0.39 is 0 Å². The molecule has 0 bridgehead atoms. The van der Waals surface area contributed by atoms with E-state index in [1.807, 2.05) is 0 Å². The molecular weight excluding hydrogens is 283 g/mol. The monoisotopic (exact) mass is 294 g/mol. The van der Waals surface area contributed by atoms with Gasteiger partial charge in [0, 0.05) is 3.57 Å². The standard InChI is InChI=1S/C13H11I/c14-13-8-7-10(9-5-6-9)11-3-1-2-4-12(11)13/h1-4,7-9H,5-6H2. The van der Waals surface area contributed by atoms with Crippen LogP contribution in [-0.4, -0.2) is 0 Å². The lowest BCUT2D eigenvalue weighted by Crippen LogP contribution is -1.85. The molecule has 1 heteroatoms. The van der Waals surface area contributed by atoms with Gasteiger partial charge in [-0.2, -0.15) is 0 Å². The second-order valence-electron chi connectivity index (χ2n) is 3.96. The first kappa shape index (κ1) is 8.72. The van der Waals surface area contributed by atoms with E-state index in [1.165, 1.54) is 27.2 Å². The molecule has 1 fully saturated rings. The predicted octanol–water partition coefficient (Wildman–Crippen LogP) is 4.32. The lowest BCUT2D eigenvalue weighted by molar-refractivity contribution is 1.15. The minimum Gasteiger partial charge on any atom is -0.0616 e. The van der Waals surface area contributed by atoms with Crippen LogP contribution in [0.2, 0.25) is 0 Å². The highest BCUT2D eigenvalue weighted by Crippen LogP contribution is 2.43. The molecule has 0 unspecified atom stereocenters. The minimum atomic E-state index is 0.844. The molecule has 2 aromatic carbocycles. The largest absolute Gasteiger partial charge is 0.0616 e. The van der Waals surface area contributed by atoms with Crippen LogP contribution in [0.15, 0.2) is 36.4 Å². The maximum absolute atomic E-state index is 2.42. The Balaban J connectivity index is 2.35. The third-order valence-electron chi connectivity index (χ3n) is 2.92. The summed E-state index contributed by atoms with van der Waals surface area (Å²) in [6.45, 7) is 0. The Hall–Kier alpha value is -0.570. The Labute approximate surface area is 97.5 Å². The Morgan fingerprint density at radius 3 is 2.36 bits per heavy atom. The van der Waals surface area contributed by atoms with E-state index >= 15 is 0 Å². The average molecular weight is 294 g/mol. The summed E-state index contributed by atoms with van der Waals surface area (Å²) in [5.41, 5.74) is 1.56. The van der Waals surface area contributed by atoms with E-state index in [-0.39, 0.29) is 0 Å². The molecule has 0 aliphatic heterocycles. The summed E-state index contributed by atoms with van der Waals surface area (Å²) in [4.78, 5) is 0. The van der Waals surface area contributed by atoms with E-state index in [9.17, 15) is 0 Å². The molecule has 0 atom stereocenters. The van der Waals surface area contributed by atoms with Crippen LogP contribution in [0.3, 0.4) is 0 Å². The highest BCUT2D eigenvalue weighted by atomic mass is 127. The average Bonchev–Trinajstić information content (AvgIpc) is 3.03. The van der Waals surface area contributed by atoms with Gasteiger partial charge in [0.15, 0.2) is 0 Å². The van der Waals surface area contributed by atoms with Gasteiger partial charge in [0.25, 0.3) is 0 Å². The number of halogens is 1. The zero-order valence-electron chi connectivity index (χ0n) is 7.83. The second kappa shape index (κ2) is 3.23. The maximum Gasteiger partial charge on any atom is 0.0208 e. The molecule has 0 N–H and O–H groups in total. The number of hydrogen-bond donors (Lipinski definition) is 0. The molecule has 1 aliphatic carbocycles. The first-order chi connectivity index (χ1) is 6.86. The van der Waals surface area contributed by atoms with Crippen molar-refractivity contribution in [3.8, 4) is 0 Å². The van der Waals surface area contributed by atoms with E-state index in [4.69, 9.17) is 0 Å². The van der Waals surface area contributed by atoms with Gasteiger partial charge in [-0.25, -0.2) is 0 Å². The molecule has 70 valence electrons. The third kappa shape index (κ3) is 1.34. The highest BCUT2D eigenvalue weighted by Gasteiger charge is 2.25. The molecule has 1 aliphatic rings. The van der Waals surface area contributed by atoms with E-state index in [1.54, 1.807) is 5.56 Å². The first-order valence-corrected chi connectivity index (χ1v) is 6.11. The molecule has 1 saturated carbocycles. The van der Waals surface area contributed by atoms with Crippen LogP contribution in [0, 0.1) is 3.57 Å². The van der Waals surface area contributed by atoms with Crippen molar-refractivity contribution in [2.75, 3.05) is 0 Å². The summed E-state index contributed by atoms with van der Waals surface area (Å²) in [5.74, 6) is 0.844. The molecule has 2 aromatic rings. The fourth-order valence-corrected chi connectivity index (χ4v) is 2.69. The van der Waals surface area contributed by atoms with Crippen LogP contribution in [-0.2, 0) is 0 Å². The molecule has 0 amide bonds. The summed E-state index contributed by atoms with van der Waals surface area (Å²) >= 11 is 2.42. The number of rotatable bonds is 1. The van der Waals surface area contributed by atoms with Crippen molar-refractivity contribution in [2.24, 2.45) is 0 Å². The number of fused-ring (bicyclic) bond motifs is 1. The lowest BCUT2D eigenvalue weighted by Gasteiger charge is -2.06. The molecule has 0 heterocycles. The summed E-state index contributed by atoms with van der Waals surface area (Å²) < 4.78 is 1.36. The van der Waals surface area contributed by atoms with Gasteiger partial charge >= 0.3 is 0 Å². The Morgan fingerprint density at radius 1 is 0.929 bits per heavy atom. The van der Waals surface area contributed by atoms with Gasteiger partial charge < -0.3 is 0 Å². The second-order valence-corrected chi connectivity index (χ2v) is 5.12. The molecule has 0 spiro atoms. The van der Waals surface area contributed by atoms with Crippen LogP contribution in [0.5, 0.6) is 0 Å². The lowest BCUT2D eigenvalue weighted by atomic mass is 10.0.